The first-order valence-corrected chi connectivity index (χ1v) is 9.79. The molecule has 6 nitrogen and oxygen atoms in total. The average Bonchev–Trinajstić information content (AvgIpc) is 3.07. The largest absolute Gasteiger partial charge is 0.343 e. The fourth-order valence-electron chi connectivity index (χ4n) is 2.14. The third-order valence-corrected chi connectivity index (χ3v) is 5.24. The molecule has 0 spiro atoms. The van der Waals surface area contributed by atoms with Crippen molar-refractivity contribution in [1.29, 1.82) is 0 Å². The normalized spacial score (nSPS) is 14.3. The molecule has 2 rings (SSSR count). The van der Waals surface area contributed by atoms with E-state index in [4.69, 9.17) is 23.2 Å². The lowest BCUT2D eigenvalue weighted by molar-refractivity contribution is -0.127. The zero-order valence-corrected chi connectivity index (χ0v) is 17.0. The van der Waals surface area contributed by atoms with Gasteiger partial charge in [-0.1, -0.05) is 55.3 Å². The molecule has 0 aliphatic carbocycles. The number of hydrogen-bond acceptors (Lipinski definition) is 5. The van der Waals surface area contributed by atoms with Crippen LogP contribution in [0.2, 0.25) is 5.02 Å². The van der Waals surface area contributed by atoms with Crippen molar-refractivity contribution in [2.75, 3.05) is 5.32 Å². The highest BCUT2D eigenvalue weighted by molar-refractivity contribution is 7.18. The highest BCUT2D eigenvalue weighted by atomic mass is 35.5. The van der Waals surface area contributed by atoms with Crippen molar-refractivity contribution in [3.05, 3.63) is 29.3 Å². The number of hydrogen-bond donors (Lipinski definition) is 2. The molecule has 140 valence electrons. The van der Waals surface area contributed by atoms with Crippen LogP contribution in [0, 0.1) is 5.92 Å². The Morgan fingerprint density at radius 1 is 1.15 bits per heavy atom. The van der Waals surface area contributed by atoms with E-state index in [0.29, 0.717) is 15.2 Å². The van der Waals surface area contributed by atoms with Gasteiger partial charge in [0.15, 0.2) is 0 Å². The third kappa shape index (κ3) is 5.40. The van der Waals surface area contributed by atoms with Crippen molar-refractivity contribution >= 4 is 51.5 Å². The van der Waals surface area contributed by atoms with Crippen LogP contribution in [-0.2, 0) is 9.59 Å². The minimum atomic E-state index is -0.715. The van der Waals surface area contributed by atoms with Gasteiger partial charge in [-0.3, -0.25) is 14.9 Å². The Morgan fingerprint density at radius 2 is 1.81 bits per heavy atom. The number of amides is 2. The van der Waals surface area contributed by atoms with Crippen molar-refractivity contribution < 1.29 is 9.59 Å². The fraction of sp³-hybridized carbons (Fsp3) is 0.412. The predicted octanol–water partition coefficient (Wildman–Crippen LogP) is 3.96. The number of halogens is 2. The van der Waals surface area contributed by atoms with Crippen LogP contribution in [0.4, 0.5) is 5.13 Å². The third-order valence-electron chi connectivity index (χ3n) is 3.90. The average molecular weight is 415 g/mol. The maximum absolute atomic E-state index is 12.6. The number of carbonyl (C=O) groups is 2. The second-order valence-electron chi connectivity index (χ2n) is 5.90. The summed E-state index contributed by atoms with van der Waals surface area (Å²) in [5, 5.41) is 14.4. The van der Waals surface area contributed by atoms with Crippen molar-refractivity contribution in [3.8, 4) is 10.6 Å². The van der Waals surface area contributed by atoms with Gasteiger partial charge >= 0.3 is 0 Å². The predicted molar refractivity (Wildman–Crippen MR) is 106 cm³/mol. The van der Waals surface area contributed by atoms with Crippen LogP contribution >= 0.6 is 34.5 Å². The molecule has 2 amide bonds. The van der Waals surface area contributed by atoms with E-state index in [1.165, 1.54) is 11.3 Å². The monoisotopic (exact) mass is 414 g/mol. The van der Waals surface area contributed by atoms with Crippen molar-refractivity contribution in [1.82, 2.24) is 15.5 Å². The van der Waals surface area contributed by atoms with Crippen LogP contribution in [0.1, 0.15) is 27.2 Å². The highest BCUT2D eigenvalue weighted by Crippen LogP contribution is 2.27. The highest BCUT2D eigenvalue weighted by Gasteiger charge is 2.28. The topological polar surface area (TPSA) is 84.0 Å². The quantitative estimate of drug-likeness (QED) is 0.671. The lowest BCUT2D eigenvalue weighted by Crippen LogP contribution is -2.49. The van der Waals surface area contributed by atoms with Crippen molar-refractivity contribution in [2.24, 2.45) is 5.92 Å². The molecule has 0 saturated heterocycles. The second kappa shape index (κ2) is 9.30. The van der Waals surface area contributed by atoms with Crippen LogP contribution in [-0.4, -0.2) is 33.4 Å². The van der Waals surface area contributed by atoms with Gasteiger partial charge in [-0.2, -0.15) is 0 Å². The molecule has 3 atom stereocenters. The van der Waals surface area contributed by atoms with Crippen LogP contribution in [0.15, 0.2) is 24.3 Å². The van der Waals surface area contributed by atoms with Gasteiger partial charge in [0.1, 0.15) is 16.4 Å². The Kier molecular flexibility index (Phi) is 7.37. The van der Waals surface area contributed by atoms with Gasteiger partial charge in [-0.25, -0.2) is 0 Å². The summed E-state index contributed by atoms with van der Waals surface area (Å²) in [6, 6.07) is 6.49. The lowest BCUT2D eigenvalue weighted by atomic mass is 9.98. The SMILES string of the molecule is CCC(C)C(NC(=O)C(C)Cl)C(=O)Nc1nnc(-c2ccc(Cl)cc2)s1. The van der Waals surface area contributed by atoms with Crippen LogP contribution in [0.5, 0.6) is 0 Å². The van der Waals surface area contributed by atoms with Gasteiger partial charge in [0.2, 0.25) is 16.9 Å². The van der Waals surface area contributed by atoms with E-state index >= 15 is 0 Å². The molecule has 0 saturated carbocycles. The molecule has 0 radical (unpaired) electrons. The van der Waals surface area contributed by atoms with Gasteiger partial charge in [0, 0.05) is 10.6 Å². The van der Waals surface area contributed by atoms with Crippen molar-refractivity contribution in [3.63, 3.8) is 0 Å². The van der Waals surface area contributed by atoms with E-state index < -0.39 is 11.4 Å². The number of aromatic nitrogens is 2. The summed E-state index contributed by atoms with van der Waals surface area (Å²) in [5.74, 6) is -0.784. The molecule has 2 N–H and O–H groups in total. The summed E-state index contributed by atoms with van der Waals surface area (Å²) in [4.78, 5) is 24.5. The number of benzene rings is 1. The Bertz CT molecular complexity index is 764. The molecular formula is C17H20Cl2N4O2S. The minimum absolute atomic E-state index is 0.0574. The van der Waals surface area contributed by atoms with Gasteiger partial charge in [-0.05, 0) is 25.0 Å². The molecular weight excluding hydrogens is 395 g/mol. The summed E-state index contributed by atoms with van der Waals surface area (Å²) in [5.41, 5.74) is 0.857. The standard InChI is InChI=1S/C17H20Cl2N4O2S/c1-4-9(2)13(20-14(24)10(3)18)15(25)21-17-23-22-16(26-17)11-5-7-12(19)8-6-11/h5-10,13H,4H2,1-3H3,(H,20,24)(H,21,23,25). The summed E-state index contributed by atoms with van der Waals surface area (Å²) in [6.45, 7) is 5.40. The summed E-state index contributed by atoms with van der Waals surface area (Å²) in [7, 11) is 0. The molecule has 2 aromatic rings. The lowest BCUT2D eigenvalue weighted by Gasteiger charge is -2.23. The second-order valence-corrected chi connectivity index (χ2v) is 7.96. The van der Waals surface area contributed by atoms with Crippen LogP contribution in [0.3, 0.4) is 0 Å². The molecule has 0 bridgehead atoms. The fourth-order valence-corrected chi connectivity index (χ4v) is 3.08. The molecule has 1 heterocycles. The Balaban J connectivity index is 2.11. The maximum atomic E-state index is 12.6. The Morgan fingerprint density at radius 3 is 2.38 bits per heavy atom. The summed E-state index contributed by atoms with van der Waals surface area (Å²) < 4.78 is 0. The van der Waals surface area contributed by atoms with E-state index in [1.807, 2.05) is 26.0 Å². The zero-order valence-electron chi connectivity index (χ0n) is 14.6. The number of nitrogens with one attached hydrogen (secondary N) is 2. The Hall–Kier alpha value is -1.70. The maximum Gasteiger partial charge on any atom is 0.249 e. The van der Waals surface area contributed by atoms with E-state index in [0.717, 1.165) is 12.0 Å². The number of nitrogens with zero attached hydrogens (tertiary/aromatic N) is 2. The minimum Gasteiger partial charge on any atom is -0.343 e. The molecule has 0 aliphatic heterocycles. The summed E-state index contributed by atoms with van der Waals surface area (Å²) >= 11 is 12.9. The molecule has 0 aliphatic rings. The first-order chi connectivity index (χ1) is 12.3. The molecule has 1 aromatic carbocycles. The smallest absolute Gasteiger partial charge is 0.249 e. The number of rotatable bonds is 7. The van der Waals surface area contributed by atoms with Crippen molar-refractivity contribution in [2.45, 2.75) is 38.6 Å². The summed E-state index contributed by atoms with van der Waals surface area (Å²) in [6.07, 6.45) is 0.723. The first-order valence-electron chi connectivity index (χ1n) is 8.16. The van der Waals surface area contributed by atoms with Gasteiger partial charge < -0.3 is 5.32 Å². The molecule has 1 aromatic heterocycles. The Labute approximate surface area is 166 Å². The number of anilines is 1. The van der Waals surface area contributed by atoms with E-state index in [1.54, 1.807) is 19.1 Å². The molecule has 26 heavy (non-hydrogen) atoms. The van der Waals surface area contributed by atoms with E-state index in [9.17, 15) is 9.59 Å². The number of alkyl halides is 1. The molecule has 0 fully saturated rings. The number of carbonyl (C=O) groups excluding carboxylic acids is 2. The molecule has 9 heteroatoms. The van der Waals surface area contributed by atoms with E-state index in [2.05, 4.69) is 20.8 Å². The van der Waals surface area contributed by atoms with Gasteiger partial charge in [-0.15, -0.1) is 21.8 Å². The zero-order chi connectivity index (χ0) is 19.3. The van der Waals surface area contributed by atoms with Gasteiger partial charge in [0.05, 0.1) is 0 Å². The van der Waals surface area contributed by atoms with Crippen LogP contribution in [0.25, 0.3) is 10.6 Å². The van der Waals surface area contributed by atoms with Crippen LogP contribution < -0.4 is 10.6 Å². The van der Waals surface area contributed by atoms with E-state index in [-0.39, 0.29) is 17.7 Å². The first kappa shape index (κ1) is 20.6. The molecule has 3 unspecified atom stereocenters. The van der Waals surface area contributed by atoms with Gasteiger partial charge in [0.25, 0.3) is 0 Å².